The van der Waals surface area contributed by atoms with E-state index in [9.17, 15) is 9.18 Å². The minimum atomic E-state index is -0.582. The second-order valence-electron chi connectivity index (χ2n) is 4.24. The Morgan fingerprint density at radius 3 is 2.56 bits per heavy atom. The van der Waals surface area contributed by atoms with Crippen LogP contribution in [0.2, 0.25) is 5.02 Å². The minimum absolute atomic E-state index is 0.0262. The highest BCUT2D eigenvalue weighted by molar-refractivity contribution is 7.80. The third-order valence-electron chi connectivity index (χ3n) is 2.44. The topological polar surface area (TPSA) is 55.1 Å². The molecule has 1 amide bonds. The van der Waals surface area contributed by atoms with Crippen LogP contribution in [0.25, 0.3) is 0 Å². The number of nitrogens with two attached hydrogens (primary N) is 1. The Morgan fingerprint density at radius 1 is 1.50 bits per heavy atom. The highest BCUT2D eigenvalue weighted by Gasteiger charge is 2.25. The molecule has 1 atom stereocenters. The predicted molar refractivity (Wildman–Crippen MR) is 75.2 cm³/mol. The lowest BCUT2D eigenvalue weighted by atomic mass is 9.95. The summed E-state index contributed by atoms with van der Waals surface area (Å²) in [5.41, 5.74) is 5.87. The van der Waals surface area contributed by atoms with Gasteiger partial charge in [0.15, 0.2) is 0 Å². The standard InChI is InChI=1S/C12H14ClFN2OS/c1-6(2)10(11(15)18)12(17)16-9-4-3-7(14)5-8(9)13/h3-6,10H,1-2H3,(H2,15,18)(H,16,17). The van der Waals surface area contributed by atoms with Crippen molar-refractivity contribution in [2.24, 2.45) is 17.6 Å². The number of thiocarbonyl (C=S) groups is 1. The van der Waals surface area contributed by atoms with Crippen molar-refractivity contribution in [1.82, 2.24) is 0 Å². The molecular formula is C12H14ClFN2OS. The van der Waals surface area contributed by atoms with Crippen molar-refractivity contribution in [3.63, 3.8) is 0 Å². The van der Waals surface area contributed by atoms with Gasteiger partial charge in [0, 0.05) is 0 Å². The summed E-state index contributed by atoms with van der Waals surface area (Å²) in [6, 6.07) is 3.74. The highest BCUT2D eigenvalue weighted by Crippen LogP contribution is 2.24. The molecule has 0 radical (unpaired) electrons. The minimum Gasteiger partial charge on any atom is -0.393 e. The Labute approximate surface area is 115 Å². The van der Waals surface area contributed by atoms with E-state index in [1.165, 1.54) is 12.1 Å². The van der Waals surface area contributed by atoms with E-state index in [1.807, 2.05) is 13.8 Å². The van der Waals surface area contributed by atoms with Crippen LogP contribution in [-0.4, -0.2) is 10.9 Å². The van der Waals surface area contributed by atoms with Crippen molar-refractivity contribution < 1.29 is 9.18 Å². The van der Waals surface area contributed by atoms with E-state index >= 15 is 0 Å². The Kier molecular flexibility index (Phi) is 5.04. The van der Waals surface area contributed by atoms with Crippen LogP contribution in [-0.2, 0) is 4.79 Å². The van der Waals surface area contributed by atoms with Crippen LogP contribution in [0.3, 0.4) is 0 Å². The molecule has 1 unspecified atom stereocenters. The number of hydrogen-bond donors (Lipinski definition) is 2. The number of benzene rings is 1. The fourth-order valence-electron chi connectivity index (χ4n) is 1.56. The molecule has 18 heavy (non-hydrogen) atoms. The van der Waals surface area contributed by atoms with E-state index in [-0.39, 0.29) is 21.8 Å². The predicted octanol–water partition coefficient (Wildman–Crippen LogP) is 2.98. The molecule has 98 valence electrons. The van der Waals surface area contributed by atoms with Crippen molar-refractivity contribution in [3.8, 4) is 0 Å². The summed E-state index contributed by atoms with van der Waals surface area (Å²) < 4.78 is 12.9. The van der Waals surface area contributed by atoms with Gasteiger partial charge in [-0.2, -0.15) is 0 Å². The number of anilines is 1. The van der Waals surface area contributed by atoms with Crippen LogP contribution in [0.5, 0.6) is 0 Å². The first-order chi connectivity index (χ1) is 8.32. The Hall–Kier alpha value is -1.20. The molecule has 0 heterocycles. The number of carbonyl (C=O) groups excluding carboxylic acids is 1. The van der Waals surface area contributed by atoms with Crippen LogP contribution >= 0.6 is 23.8 Å². The maximum absolute atomic E-state index is 12.9. The quantitative estimate of drug-likeness (QED) is 0.838. The molecule has 6 heteroatoms. The lowest BCUT2D eigenvalue weighted by molar-refractivity contribution is -0.118. The van der Waals surface area contributed by atoms with E-state index in [4.69, 9.17) is 29.6 Å². The molecule has 1 aromatic carbocycles. The Balaban J connectivity index is 2.89. The van der Waals surface area contributed by atoms with E-state index in [2.05, 4.69) is 5.32 Å². The Morgan fingerprint density at radius 2 is 2.11 bits per heavy atom. The van der Waals surface area contributed by atoms with Gasteiger partial charge in [-0.15, -0.1) is 0 Å². The largest absolute Gasteiger partial charge is 0.393 e. The van der Waals surface area contributed by atoms with Gasteiger partial charge in [0.05, 0.1) is 21.6 Å². The first kappa shape index (κ1) is 14.9. The number of halogens is 2. The molecule has 3 N–H and O–H groups in total. The molecule has 1 aromatic rings. The lowest BCUT2D eigenvalue weighted by Gasteiger charge is -2.19. The molecular weight excluding hydrogens is 275 g/mol. The van der Waals surface area contributed by atoms with Gasteiger partial charge in [0.2, 0.25) is 5.91 Å². The van der Waals surface area contributed by atoms with Gasteiger partial charge < -0.3 is 11.1 Å². The summed E-state index contributed by atoms with van der Waals surface area (Å²) in [4.78, 5) is 12.1. The van der Waals surface area contributed by atoms with Crippen LogP contribution in [0, 0.1) is 17.7 Å². The fourth-order valence-corrected chi connectivity index (χ4v) is 2.16. The summed E-state index contributed by atoms with van der Waals surface area (Å²) in [6.45, 7) is 3.69. The van der Waals surface area contributed by atoms with Crippen molar-refractivity contribution >= 4 is 40.4 Å². The Bertz CT molecular complexity index is 479. The molecule has 3 nitrogen and oxygen atoms in total. The molecule has 0 aromatic heterocycles. The van der Waals surface area contributed by atoms with Gasteiger partial charge in [0.25, 0.3) is 0 Å². The van der Waals surface area contributed by atoms with E-state index in [1.54, 1.807) is 0 Å². The van der Waals surface area contributed by atoms with Crippen molar-refractivity contribution in [2.75, 3.05) is 5.32 Å². The average Bonchev–Trinajstić information content (AvgIpc) is 2.21. The molecule has 0 fully saturated rings. The number of rotatable bonds is 4. The maximum atomic E-state index is 12.9. The molecule has 0 aliphatic heterocycles. The molecule has 0 spiro atoms. The van der Waals surface area contributed by atoms with Crippen molar-refractivity contribution in [1.29, 1.82) is 0 Å². The zero-order valence-corrected chi connectivity index (χ0v) is 11.6. The van der Waals surface area contributed by atoms with Gasteiger partial charge in [-0.3, -0.25) is 4.79 Å². The van der Waals surface area contributed by atoms with Crippen LogP contribution in [0.4, 0.5) is 10.1 Å². The zero-order valence-electron chi connectivity index (χ0n) is 10.0. The van der Waals surface area contributed by atoms with E-state index < -0.39 is 11.7 Å². The van der Waals surface area contributed by atoms with Gasteiger partial charge in [-0.25, -0.2) is 4.39 Å². The molecule has 0 saturated heterocycles. The first-order valence-electron chi connectivity index (χ1n) is 5.38. The maximum Gasteiger partial charge on any atom is 0.234 e. The van der Waals surface area contributed by atoms with Gasteiger partial charge in [-0.1, -0.05) is 37.7 Å². The number of nitrogens with one attached hydrogen (secondary N) is 1. The average molecular weight is 289 g/mol. The number of amides is 1. The van der Waals surface area contributed by atoms with Crippen molar-refractivity contribution in [2.45, 2.75) is 13.8 Å². The highest BCUT2D eigenvalue weighted by atomic mass is 35.5. The molecule has 0 aliphatic rings. The summed E-state index contributed by atoms with van der Waals surface area (Å²) in [5.74, 6) is -1.42. The monoisotopic (exact) mass is 288 g/mol. The SMILES string of the molecule is CC(C)C(C(=O)Nc1ccc(F)cc1Cl)C(N)=S. The normalized spacial score (nSPS) is 12.3. The summed E-state index contributed by atoms with van der Waals surface area (Å²) in [6.07, 6.45) is 0. The third-order valence-corrected chi connectivity index (χ3v) is 3.01. The number of hydrogen-bond acceptors (Lipinski definition) is 2. The zero-order chi connectivity index (χ0) is 13.9. The third kappa shape index (κ3) is 3.65. The van der Waals surface area contributed by atoms with Gasteiger partial charge in [-0.05, 0) is 24.1 Å². The summed E-state index contributed by atoms with van der Waals surface area (Å²) in [5, 5.41) is 2.73. The van der Waals surface area contributed by atoms with E-state index in [0.29, 0.717) is 5.69 Å². The van der Waals surface area contributed by atoms with Gasteiger partial charge >= 0.3 is 0 Å². The van der Waals surface area contributed by atoms with Crippen molar-refractivity contribution in [3.05, 3.63) is 29.0 Å². The molecule has 0 saturated carbocycles. The second-order valence-corrected chi connectivity index (χ2v) is 5.12. The first-order valence-corrected chi connectivity index (χ1v) is 6.16. The van der Waals surface area contributed by atoms with Crippen LogP contribution in [0.15, 0.2) is 18.2 Å². The van der Waals surface area contributed by atoms with Gasteiger partial charge in [0.1, 0.15) is 5.82 Å². The fraction of sp³-hybridized carbons (Fsp3) is 0.333. The summed E-state index contributed by atoms with van der Waals surface area (Å²) in [7, 11) is 0. The molecule has 1 rings (SSSR count). The number of carbonyl (C=O) groups is 1. The smallest absolute Gasteiger partial charge is 0.234 e. The van der Waals surface area contributed by atoms with Crippen LogP contribution < -0.4 is 11.1 Å². The summed E-state index contributed by atoms with van der Waals surface area (Å²) >= 11 is 10.7. The molecule has 0 aliphatic carbocycles. The molecule has 0 bridgehead atoms. The second kappa shape index (κ2) is 6.11. The van der Waals surface area contributed by atoms with Crippen LogP contribution in [0.1, 0.15) is 13.8 Å². The van der Waals surface area contributed by atoms with E-state index in [0.717, 1.165) is 6.07 Å². The lowest BCUT2D eigenvalue weighted by Crippen LogP contribution is -2.36.